The molecule has 9 nitrogen and oxygen atoms in total. The Kier molecular flexibility index (Phi) is 9.13. The summed E-state index contributed by atoms with van der Waals surface area (Å²) in [5.74, 6) is 0.287. The third-order valence-electron chi connectivity index (χ3n) is 7.50. The highest BCUT2D eigenvalue weighted by atomic mass is 32.2. The third kappa shape index (κ3) is 6.60. The van der Waals surface area contributed by atoms with Gasteiger partial charge in [-0.05, 0) is 81.2 Å². The van der Waals surface area contributed by atoms with E-state index in [1.807, 2.05) is 50.2 Å². The largest absolute Gasteiger partial charge is 0.490 e. The Morgan fingerprint density at radius 3 is 2.24 bits per heavy atom. The number of benzene rings is 3. The summed E-state index contributed by atoms with van der Waals surface area (Å²) in [7, 11) is -3.46. The first kappa shape index (κ1) is 29.6. The molecule has 1 amide bonds. The smallest absolute Gasteiger partial charge is 0.238 e. The lowest BCUT2D eigenvalue weighted by Crippen LogP contribution is -2.37. The van der Waals surface area contributed by atoms with Gasteiger partial charge in [0.05, 0.1) is 36.6 Å². The number of hydrogen-bond acceptors (Lipinski definition) is 7. The van der Waals surface area contributed by atoms with E-state index in [0.29, 0.717) is 60.6 Å². The Balaban J connectivity index is 1.50. The molecule has 222 valence electrons. The van der Waals surface area contributed by atoms with E-state index in [-0.39, 0.29) is 5.91 Å². The van der Waals surface area contributed by atoms with E-state index in [2.05, 4.69) is 10.2 Å². The summed E-state index contributed by atoms with van der Waals surface area (Å²) >= 11 is 0. The monoisotopic (exact) mass is 590 g/mol. The van der Waals surface area contributed by atoms with Gasteiger partial charge in [-0.15, -0.1) is 0 Å². The highest BCUT2D eigenvalue weighted by Gasteiger charge is 2.37. The van der Waals surface area contributed by atoms with Crippen LogP contribution in [0.1, 0.15) is 43.7 Å². The minimum atomic E-state index is -3.46. The summed E-state index contributed by atoms with van der Waals surface area (Å²) in [5.41, 5.74) is 4.02. The highest BCUT2D eigenvalue weighted by molar-refractivity contribution is 7.92. The number of anilines is 2. The molecule has 1 fully saturated rings. The van der Waals surface area contributed by atoms with Crippen molar-refractivity contribution < 1.29 is 22.7 Å². The minimum absolute atomic E-state index is 0.189. The molecule has 1 N–H and O–H groups in total. The number of nitrogens with zero attached hydrogens (tertiary/aromatic N) is 3. The van der Waals surface area contributed by atoms with Crippen molar-refractivity contribution in [3.8, 4) is 11.5 Å². The molecule has 1 atom stereocenters. The second kappa shape index (κ2) is 13.0. The average Bonchev–Trinajstić information content (AvgIpc) is 3.60. The van der Waals surface area contributed by atoms with E-state index < -0.39 is 15.9 Å². The molecule has 3 aromatic carbocycles. The van der Waals surface area contributed by atoms with Crippen LogP contribution in [0.4, 0.5) is 17.1 Å². The second-order valence-electron chi connectivity index (χ2n) is 10.4. The molecule has 42 heavy (non-hydrogen) atoms. The fourth-order valence-electron chi connectivity index (χ4n) is 5.54. The van der Waals surface area contributed by atoms with Crippen molar-refractivity contribution in [1.29, 1.82) is 0 Å². The first-order chi connectivity index (χ1) is 20.3. The van der Waals surface area contributed by atoms with Crippen LogP contribution >= 0.6 is 0 Å². The molecule has 2 aliphatic rings. The first-order valence-electron chi connectivity index (χ1n) is 14.5. The summed E-state index contributed by atoms with van der Waals surface area (Å²) in [6.45, 7) is 7.82. The van der Waals surface area contributed by atoms with E-state index in [4.69, 9.17) is 14.5 Å². The van der Waals surface area contributed by atoms with Crippen LogP contribution in [0.5, 0.6) is 11.5 Å². The van der Waals surface area contributed by atoms with Crippen LogP contribution in [0.25, 0.3) is 0 Å². The van der Waals surface area contributed by atoms with Gasteiger partial charge in [0.25, 0.3) is 0 Å². The van der Waals surface area contributed by atoms with Crippen LogP contribution in [0.2, 0.25) is 0 Å². The molecule has 1 saturated heterocycles. The number of amides is 1. The fraction of sp³-hybridized carbons (Fsp3) is 0.375. The van der Waals surface area contributed by atoms with Crippen LogP contribution in [0.3, 0.4) is 0 Å². The van der Waals surface area contributed by atoms with Crippen LogP contribution in [0.15, 0.2) is 71.7 Å². The van der Waals surface area contributed by atoms with Crippen molar-refractivity contribution in [2.24, 2.45) is 4.99 Å². The van der Waals surface area contributed by atoms with Gasteiger partial charge >= 0.3 is 0 Å². The number of rotatable bonds is 12. The van der Waals surface area contributed by atoms with Crippen molar-refractivity contribution in [2.45, 2.75) is 32.6 Å². The lowest BCUT2D eigenvalue weighted by molar-refractivity contribution is -0.115. The maximum atomic E-state index is 13.5. The standard InChI is InChI=1S/C32H38N4O5S/c1-4-40-28-21-26-27(22-29(28)41-5-2)34-32(37)30(26)31(23-11-7-6-8-12-23)33-24-13-15-25(16-14-24)36(42(3,38)39)20-19-35-17-9-10-18-35/h6-8,11-16,21-22,30H,4-5,9-10,17-20H2,1-3H3,(H,34,37). The maximum Gasteiger partial charge on any atom is 0.238 e. The van der Waals surface area contributed by atoms with Crippen LogP contribution in [0, 0.1) is 0 Å². The normalized spacial score (nSPS) is 17.2. The van der Waals surface area contributed by atoms with Gasteiger partial charge in [0.2, 0.25) is 15.9 Å². The molecule has 10 heteroatoms. The summed E-state index contributed by atoms with van der Waals surface area (Å²) in [6.07, 6.45) is 3.54. The van der Waals surface area contributed by atoms with E-state index >= 15 is 0 Å². The molecule has 2 aliphatic heterocycles. The van der Waals surface area contributed by atoms with E-state index in [1.165, 1.54) is 10.6 Å². The molecule has 5 rings (SSSR count). The Morgan fingerprint density at radius 1 is 0.976 bits per heavy atom. The Labute approximate surface area is 248 Å². The summed E-state index contributed by atoms with van der Waals surface area (Å²) in [4.78, 5) is 20.7. The first-order valence-corrected chi connectivity index (χ1v) is 16.3. The van der Waals surface area contributed by atoms with Crippen LogP contribution in [-0.4, -0.2) is 70.6 Å². The molecule has 0 spiro atoms. The summed E-state index contributed by atoms with van der Waals surface area (Å²) in [6, 6.07) is 20.4. The number of nitrogens with one attached hydrogen (secondary N) is 1. The maximum absolute atomic E-state index is 13.5. The Bertz CT molecular complexity index is 1540. The molecular weight excluding hydrogens is 552 g/mol. The molecule has 1 unspecified atom stereocenters. The van der Waals surface area contributed by atoms with Crippen molar-refractivity contribution in [1.82, 2.24) is 4.90 Å². The zero-order valence-corrected chi connectivity index (χ0v) is 25.2. The van der Waals surface area contributed by atoms with Gasteiger partial charge in [0.15, 0.2) is 11.5 Å². The average molecular weight is 591 g/mol. The SMILES string of the molecule is CCOc1cc2c(cc1OCC)C(C(=Nc1ccc(N(CCN3CCCC3)S(C)(=O)=O)cc1)c1ccccc1)C(=O)N2. The molecule has 0 bridgehead atoms. The molecule has 0 saturated carbocycles. The Hall–Kier alpha value is -3.89. The zero-order valence-electron chi connectivity index (χ0n) is 24.4. The fourth-order valence-corrected chi connectivity index (χ4v) is 6.46. The molecule has 0 radical (unpaired) electrons. The van der Waals surface area contributed by atoms with Crippen molar-refractivity contribution >= 4 is 38.7 Å². The van der Waals surface area contributed by atoms with Gasteiger partial charge in [-0.1, -0.05) is 30.3 Å². The number of carbonyl (C=O) groups excluding carboxylic acids is 1. The lowest BCUT2D eigenvalue weighted by Gasteiger charge is -2.25. The minimum Gasteiger partial charge on any atom is -0.490 e. The molecule has 2 heterocycles. The van der Waals surface area contributed by atoms with Gasteiger partial charge in [-0.25, -0.2) is 8.42 Å². The number of sulfonamides is 1. The number of likely N-dealkylation sites (tertiary alicyclic amines) is 1. The van der Waals surface area contributed by atoms with Crippen molar-refractivity contribution in [3.05, 3.63) is 77.9 Å². The topological polar surface area (TPSA) is 101 Å². The van der Waals surface area contributed by atoms with Crippen molar-refractivity contribution in [3.63, 3.8) is 0 Å². The number of carbonyl (C=O) groups is 1. The van der Waals surface area contributed by atoms with Gasteiger partial charge in [-0.2, -0.15) is 0 Å². The molecular formula is C32H38N4O5S. The zero-order chi connectivity index (χ0) is 29.7. The van der Waals surface area contributed by atoms with Gasteiger partial charge in [-0.3, -0.25) is 14.1 Å². The highest BCUT2D eigenvalue weighted by Crippen LogP contribution is 2.43. The van der Waals surface area contributed by atoms with E-state index in [0.717, 1.165) is 37.1 Å². The van der Waals surface area contributed by atoms with Crippen molar-refractivity contribution in [2.75, 3.05) is 55.3 Å². The molecule has 0 aliphatic carbocycles. The quantitative estimate of drug-likeness (QED) is 0.291. The van der Waals surface area contributed by atoms with E-state index in [1.54, 1.807) is 30.3 Å². The molecule has 3 aromatic rings. The predicted molar refractivity (Wildman–Crippen MR) is 167 cm³/mol. The second-order valence-corrected chi connectivity index (χ2v) is 12.3. The lowest BCUT2D eigenvalue weighted by atomic mass is 9.90. The van der Waals surface area contributed by atoms with Gasteiger partial charge in [0.1, 0.15) is 5.92 Å². The number of fused-ring (bicyclic) bond motifs is 1. The van der Waals surface area contributed by atoms with E-state index in [9.17, 15) is 13.2 Å². The third-order valence-corrected chi connectivity index (χ3v) is 8.69. The Morgan fingerprint density at radius 2 is 1.62 bits per heavy atom. The van der Waals surface area contributed by atoms with Crippen LogP contribution < -0.4 is 19.1 Å². The number of ether oxygens (including phenoxy) is 2. The number of hydrogen-bond donors (Lipinski definition) is 1. The van der Waals surface area contributed by atoms with Gasteiger partial charge < -0.3 is 19.7 Å². The summed E-state index contributed by atoms with van der Waals surface area (Å²) < 4.78 is 38.4. The van der Waals surface area contributed by atoms with Crippen LogP contribution in [-0.2, 0) is 14.8 Å². The predicted octanol–water partition coefficient (Wildman–Crippen LogP) is 5.20. The number of aliphatic imine (C=N–C) groups is 1. The molecule has 0 aromatic heterocycles. The van der Waals surface area contributed by atoms with Gasteiger partial charge in [0, 0.05) is 24.8 Å². The summed E-state index contributed by atoms with van der Waals surface area (Å²) in [5, 5.41) is 3.00.